The number of hydrogen-bond acceptors (Lipinski definition) is 4. The number of amides is 2. The van der Waals surface area contributed by atoms with Gasteiger partial charge in [-0.25, -0.2) is 9.18 Å². The quantitative estimate of drug-likeness (QED) is 0.657. The molecule has 148 valence electrons. The second-order valence-corrected chi connectivity index (χ2v) is 6.54. The van der Waals surface area contributed by atoms with E-state index in [4.69, 9.17) is 9.47 Å². The number of aromatic nitrogens is 2. The highest BCUT2D eigenvalue weighted by Crippen LogP contribution is 2.21. The Hall–Kier alpha value is -2.61. The lowest BCUT2D eigenvalue weighted by Gasteiger charge is -2.15. The van der Waals surface area contributed by atoms with Gasteiger partial charge in [0.2, 0.25) is 0 Å². The number of hydrogen-bond donors (Lipinski definition) is 2. The van der Waals surface area contributed by atoms with E-state index in [1.807, 2.05) is 31.5 Å². The normalized spacial score (nSPS) is 11.9. The van der Waals surface area contributed by atoms with E-state index in [0.717, 1.165) is 11.4 Å². The summed E-state index contributed by atoms with van der Waals surface area (Å²) < 4.78 is 26.0. The Morgan fingerprint density at radius 2 is 2.07 bits per heavy atom. The van der Waals surface area contributed by atoms with Crippen molar-refractivity contribution in [1.82, 2.24) is 15.1 Å². The monoisotopic (exact) mass is 378 g/mol. The number of urea groups is 1. The average molecular weight is 378 g/mol. The maximum absolute atomic E-state index is 14.0. The first kappa shape index (κ1) is 20.7. The third kappa shape index (κ3) is 6.56. The van der Waals surface area contributed by atoms with Crippen LogP contribution in [0.1, 0.15) is 18.3 Å². The molecule has 1 heterocycles. The highest BCUT2D eigenvalue weighted by molar-refractivity contribution is 5.89. The van der Waals surface area contributed by atoms with E-state index in [1.54, 1.807) is 13.2 Å². The number of nitrogens with one attached hydrogen (secondary N) is 2. The van der Waals surface area contributed by atoms with Crippen LogP contribution in [0.5, 0.6) is 5.75 Å². The summed E-state index contributed by atoms with van der Waals surface area (Å²) in [5.74, 6) is -0.222. The van der Waals surface area contributed by atoms with Crippen LogP contribution in [0.15, 0.2) is 24.3 Å². The smallest absolute Gasteiger partial charge is 0.319 e. The number of carbonyl (C=O) groups excluding carboxylic acids is 1. The summed E-state index contributed by atoms with van der Waals surface area (Å²) in [5, 5.41) is 9.83. The van der Waals surface area contributed by atoms with Crippen LogP contribution in [0.3, 0.4) is 0 Å². The van der Waals surface area contributed by atoms with Gasteiger partial charge in [-0.2, -0.15) is 5.10 Å². The van der Waals surface area contributed by atoms with Crippen LogP contribution >= 0.6 is 0 Å². The molecule has 1 atom stereocenters. The van der Waals surface area contributed by atoms with Gasteiger partial charge in [-0.05, 0) is 38.0 Å². The lowest BCUT2D eigenvalue weighted by Crippen LogP contribution is -2.33. The van der Waals surface area contributed by atoms with E-state index in [0.29, 0.717) is 25.4 Å². The Bertz CT molecular complexity index is 763. The molecule has 0 bridgehead atoms. The lowest BCUT2D eigenvalue weighted by atomic mass is 10.2. The van der Waals surface area contributed by atoms with Gasteiger partial charge in [0.15, 0.2) is 11.6 Å². The highest BCUT2D eigenvalue weighted by Gasteiger charge is 2.10. The zero-order chi connectivity index (χ0) is 19.8. The fourth-order valence-electron chi connectivity index (χ4n) is 2.59. The van der Waals surface area contributed by atoms with Crippen LogP contribution in [0.2, 0.25) is 0 Å². The molecule has 0 aliphatic heterocycles. The maximum Gasteiger partial charge on any atom is 0.319 e. The minimum absolute atomic E-state index is 0.122. The zero-order valence-electron chi connectivity index (χ0n) is 16.2. The largest absolute Gasteiger partial charge is 0.488 e. The molecule has 2 rings (SSSR count). The van der Waals surface area contributed by atoms with Crippen molar-refractivity contribution < 1.29 is 18.7 Å². The van der Waals surface area contributed by atoms with E-state index < -0.39 is 5.82 Å². The molecule has 27 heavy (non-hydrogen) atoms. The van der Waals surface area contributed by atoms with Crippen LogP contribution in [-0.2, 0) is 11.3 Å². The van der Waals surface area contributed by atoms with E-state index >= 15 is 0 Å². The van der Waals surface area contributed by atoms with E-state index in [2.05, 4.69) is 15.7 Å². The lowest BCUT2D eigenvalue weighted by molar-refractivity contribution is 0.144. The molecule has 0 radical (unpaired) electrons. The summed E-state index contributed by atoms with van der Waals surface area (Å²) in [4.78, 5) is 12.0. The van der Waals surface area contributed by atoms with Crippen molar-refractivity contribution >= 4 is 11.7 Å². The average Bonchev–Trinajstić information content (AvgIpc) is 2.92. The van der Waals surface area contributed by atoms with E-state index in [1.165, 1.54) is 12.1 Å². The zero-order valence-corrected chi connectivity index (χ0v) is 16.2. The molecule has 0 spiro atoms. The van der Waals surface area contributed by atoms with Crippen molar-refractivity contribution in [2.75, 3.05) is 32.2 Å². The van der Waals surface area contributed by atoms with Crippen LogP contribution in [-0.4, -0.2) is 42.7 Å². The van der Waals surface area contributed by atoms with Gasteiger partial charge < -0.3 is 20.1 Å². The van der Waals surface area contributed by atoms with Crippen LogP contribution in [0.4, 0.5) is 14.9 Å². The van der Waals surface area contributed by atoms with Crippen molar-refractivity contribution in [1.29, 1.82) is 0 Å². The minimum Gasteiger partial charge on any atom is -0.488 e. The summed E-state index contributed by atoms with van der Waals surface area (Å²) in [5.41, 5.74) is 2.42. The first-order chi connectivity index (χ1) is 12.9. The maximum atomic E-state index is 14.0. The van der Waals surface area contributed by atoms with Crippen molar-refractivity contribution in [2.24, 2.45) is 5.92 Å². The fourth-order valence-corrected chi connectivity index (χ4v) is 2.59. The first-order valence-corrected chi connectivity index (χ1v) is 8.86. The highest BCUT2D eigenvalue weighted by atomic mass is 19.1. The topological polar surface area (TPSA) is 77.4 Å². The molecule has 1 unspecified atom stereocenters. The van der Waals surface area contributed by atoms with Gasteiger partial charge in [0.1, 0.15) is 6.61 Å². The molecule has 0 saturated heterocycles. The Morgan fingerprint density at radius 1 is 1.30 bits per heavy atom. The Morgan fingerprint density at radius 3 is 2.70 bits per heavy atom. The molecule has 0 fully saturated rings. The number of ether oxygens (including phenoxy) is 2. The molecule has 1 aromatic carbocycles. The number of halogens is 1. The van der Waals surface area contributed by atoms with Gasteiger partial charge in [-0.15, -0.1) is 0 Å². The van der Waals surface area contributed by atoms with Gasteiger partial charge in [0.25, 0.3) is 0 Å². The molecule has 7 nitrogen and oxygen atoms in total. The third-order valence-electron chi connectivity index (χ3n) is 3.93. The second kappa shape index (κ2) is 9.91. The number of methoxy groups -OCH3 is 1. The van der Waals surface area contributed by atoms with Gasteiger partial charge in [-0.1, -0.05) is 6.92 Å². The number of benzene rings is 1. The second-order valence-electron chi connectivity index (χ2n) is 6.54. The SMILES string of the molecule is COCCOc1ccc(NC(=O)NCC(C)Cn2nc(C)cc2C)cc1F. The van der Waals surface area contributed by atoms with Crippen molar-refractivity contribution in [3.05, 3.63) is 41.5 Å². The van der Waals surface area contributed by atoms with Gasteiger partial charge in [0.05, 0.1) is 12.3 Å². The van der Waals surface area contributed by atoms with E-state index in [-0.39, 0.29) is 24.3 Å². The molecule has 1 aromatic heterocycles. The van der Waals surface area contributed by atoms with Gasteiger partial charge in [-0.3, -0.25) is 4.68 Å². The number of rotatable bonds is 9. The molecule has 0 aliphatic carbocycles. The van der Waals surface area contributed by atoms with Crippen LogP contribution in [0.25, 0.3) is 0 Å². The third-order valence-corrected chi connectivity index (χ3v) is 3.93. The first-order valence-electron chi connectivity index (χ1n) is 8.86. The number of carbonyl (C=O) groups is 1. The molecule has 0 aliphatic rings. The molecule has 2 amide bonds. The molecular weight excluding hydrogens is 351 g/mol. The van der Waals surface area contributed by atoms with Crippen molar-refractivity contribution in [3.63, 3.8) is 0 Å². The van der Waals surface area contributed by atoms with Crippen molar-refractivity contribution in [3.8, 4) is 5.75 Å². The molecule has 8 heteroatoms. The molecule has 2 aromatic rings. The van der Waals surface area contributed by atoms with Gasteiger partial charge >= 0.3 is 6.03 Å². The summed E-state index contributed by atoms with van der Waals surface area (Å²) in [6.07, 6.45) is 0. The molecular formula is C19H27FN4O3. The predicted molar refractivity (Wildman–Crippen MR) is 102 cm³/mol. The predicted octanol–water partition coefficient (Wildman–Crippen LogP) is 3.12. The van der Waals surface area contributed by atoms with E-state index in [9.17, 15) is 9.18 Å². The Balaban J connectivity index is 1.79. The summed E-state index contributed by atoms with van der Waals surface area (Å²) in [7, 11) is 1.55. The molecule has 2 N–H and O–H groups in total. The number of nitrogens with zero attached hydrogens (tertiary/aromatic N) is 2. The summed E-state index contributed by atoms with van der Waals surface area (Å²) in [6.45, 7) is 7.80. The Kier molecular flexibility index (Phi) is 7.60. The fraction of sp³-hybridized carbons (Fsp3) is 0.474. The van der Waals surface area contributed by atoms with Crippen LogP contribution < -0.4 is 15.4 Å². The number of anilines is 1. The molecule has 0 saturated carbocycles. The van der Waals surface area contributed by atoms with Gasteiger partial charge in [0, 0.05) is 37.6 Å². The van der Waals surface area contributed by atoms with Crippen LogP contribution in [0, 0.1) is 25.6 Å². The minimum atomic E-state index is -0.540. The standard InChI is InChI=1S/C19H27FN4O3/c1-13(12-24-15(3)9-14(2)23-24)11-21-19(25)22-16-5-6-18(17(20)10-16)27-8-7-26-4/h5-6,9-10,13H,7-8,11-12H2,1-4H3,(H2,21,22,25). The van der Waals surface area contributed by atoms with Crippen molar-refractivity contribution in [2.45, 2.75) is 27.3 Å². The summed E-state index contributed by atoms with van der Waals surface area (Å²) in [6, 6.07) is 5.92. The summed E-state index contributed by atoms with van der Waals surface area (Å²) >= 11 is 0. The Labute approximate surface area is 158 Å². The number of aryl methyl sites for hydroxylation is 2.